The van der Waals surface area contributed by atoms with Crippen LogP contribution in [-0.4, -0.2) is 25.3 Å². The Kier molecular flexibility index (Phi) is 3.24. The summed E-state index contributed by atoms with van der Waals surface area (Å²) in [5.41, 5.74) is 0.967. The van der Waals surface area contributed by atoms with Gasteiger partial charge in [-0.3, -0.25) is 0 Å². The van der Waals surface area contributed by atoms with Gasteiger partial charge in [0.1, 0.15) is 27.0 Å². The van der Waals surface area contributed by atoms with Crippen LogP contribution in [0, 0.1) is 3.70 Å². The minimum absolute atomic E-state index is 0.468. The predicted molar refractivity (Wildman–Crippen MR) is 63.7 cm³/mol. The van der Waals surface area contributed by atoms with Gasteiger partial charge in [0, 0.05) is 19.5 Å². The van der Waals surface area contributed by atoms with E-state index in [0.717, 1.165) is 12.2 Å². The topological polar surface area (TPSA) is 77.0 Å². The summed E-state index contributed by atoms with van der Waals surface area (Å²) in [5.74, 6) is 0.743. The first-order chi connectivity index (χ1) is 7.61. The highest BCUT2D eigenvalue weighted by Crippen LogP contribution is 2.23. The second-order valence-electron chi connectivity index (χ2n) is 3.34. The van der Waals surface area contributed by atoms with E-state index in [9.17, 15) is 5.11 Å². The lowest BCUT2D eigenvalue weighted by molar-refractivity contribution is 0.201. The van der Waals surface area contributed by atoms with Crippen molar-refractivity contribution < 1.29 is 9.63 Å². The largest absolute Gasteiger partial charge is 0.380 e. The van der Waals surface area contributed by atoms with Crippen molar-refractivity contribution in [3.63, 3.8) is 0 Å². The van der Waals surface area contributed by atoms with Crippen LogP contribution in [0.5, 0.6) is 0 Å². The van der Waals surface area contributed by atoms with Crippen LogP contribution in [0.1, 0.15) is 30.2 Å². The molecule has 0 spiro atoms. The van der Waals surface area contributed by atoms with Gasteiger partial charge in [0.2, 0.25) is 0 Å². The van der Waals surface area contributed by atoms with Crippen molar-refractivity contribution in [1.29, 1.82) is 0 Å². The van der Waals surface area contributed by atoms with Crippen molar-refractivity contribution in [1.82, 2.24) is 20.2 Å². The molecule has 0 aromatic carbocycles. The molecule has 7 heteroatoms. The summed E-state index contributed by atoms with van der Waals surface area (Å²) >= 11 is 2.03. The van der Waals surface area contributed by atoms with E-state index in [-0.39, 0.29) is 0 Å². The van der Waals surface area contributed by atoms with E-state index in [0.29, 0.717) is 15.1 Å². The molecular weight excluding hydrogens is 323 g/mol. The Labute approximate surface area is 106 Å². The van der Waals surface area contributed by atoms with Gasteiger partial charge in [-0.2, -0.15) is 9.90 Å². The fraction of sp³-hybridized carbons (Fsp3) is 0.444. The molecule has 0 saturated heterocycles. The maximum atomic E-state index is 10.1. The summed E-state index contributed by atoms with van der Waals surface area (Å²) in [5, 5.41) is 22.0. The molecule has 16 heavy (non-hydrogen) atoms. The molecule has 86 valence electrons. The number of hydrogen-bond donors (Lipinski definition) is 1. The van der Waals surface area contributed by atoms with Gasteiger partial charge in [-0.15, -0.1) is 5.10 Å². The molecule has 1 unspecified atom stereocenters. The summed E-state index contributed by atoms with van der Waals surface area (Å²) in [6, 6.07) is 1.73. The smallest absolute Gasteiger partial charge is 0.149 e. The molecule has 0 radical (unpaired) electrons. The minimum Gasteiger partial charge on any atom is -0.380 e. The zero-order chi connectivity index (χ0) is 11.7. The van der Waals surface area contributed by atoms with Gasteiger partial charge in [0.05, 0.1) is 0 Å². The lowest BCUT2D eigenvalue weighted by atomic mass is 10.2. The molecule has 2 aromatic heterocycles. The summed E-state index contributed by atoms with van der Waals surface area (Å²) in [6.45, 7) is 1.96. The lowest BCUT2D eigenvalue weighted by Crippen LogP contribution is -2.03. The second kappa shape index (κ2) is 4.50. The van der Waals surface area contributed by atoms with E-state index in [1.54, 1.807) is 13.1 Å². The van der Waals surface area contributed by atoms with Crippen LogP contribution in [0.3, 0.4) is 0 Å². The summed E-state index contributed by atoms with van der Waals surface area (Å²) < 4.78 is 5.70. The summed E-state index contributed by atoms with van der Waals surface area (Å²) in [6.07, 6.45) is -0.137. The number of rotatable bonds is 3. The normalized spacial score (nSPS) is 13.0. The monoisotopic (exact) mass is 334 g/mol. The maximum Gasteiger partial charge on any atom is 0.149 e. The molecule has 0 saturated carbocycles. The molecule has 0 aliphatic rings. The van der Waals surface area contributed by atoms with Crippen LogP contribution >= 0.6 is 22.6 Å². The van der Waals surface area contributed by atoms with Crippen LogP contribution in [-0.2, 0) is 13.5 Å². The van der Waals surface area contributed by atoms with Crippen LogP contribution < -0.4 is 0 Å². The number of aliphatic hydroxyl groups excluding tert-OH is 1. The zero-order valence-electron chi connectivity index (χ0n) is 8.88. The van der Waals surface area contributed by atoms with E-state index in [2.05, 4.69) is 15.4 Å². The van der Waals surface area contributed by atoms with E-state index < -0.39 is 6.10 Å². The molecule has 1 atom stereocenters. The highest BCUT2D eigenvalue weighted by Gasteiger charge is 2.21. The Hall–Kier alpha value is -0.960. The second-order valence-corrected chi connectivity index (χ2v) is 4.36. The molecule has 2 heterocycles. The van der Waals surface area contributed by atoms with E-state index >= 15 is 0 Å². The van der Waals surface area contributed by atoms with Gasteiger partial charge in [-0.1, -0.05) is 12.1 Å². The first kappa shape index (κ1) is 11.5. The Morgan fingerprint density at radius 3 is 2.81 bits per heavy atom. The number of aryl methyl sites for hydroxylation is 2. The molecule has 0 fully saturated rings. The van der Waals surface area contributed by atoms with Crippen molar-refractivity contribution >= 4 is 22.6 Å². The van der Waals surface area contributed by atoms with Gasteiger partial charge in [0.15, 0.2) is 0 Å². The van der Waals surface area contributed by atoms with Gasteiger partial charge >= 0.3 is 0 Å². The molecule has 0 aliphatic heterocycles. The first-order valence-corrected chi connectivity index (χ1v) is 5.90. The SMILES string of the molecule is CCc1cc(C(O)c2nn(C)nc2I)no1. The number of aromatic nitrogens is 4. The van der Waals surface area contributed by atoms with Crippen molar-refractivity contribution in [2.75, 3.05) is 0 Å². The van der Waals surface area contributed by atoms with Crippen LogP contribution in [0.2, 0.25) is 0 Å². The van der Waals surface area contributed by atoms with Crippen molar-refractivity contribution in [3.05, 3.63) is 26.9 Å². The minimum atomic E-state index is -0.885. The number of aliphatic hydroxyl groups is 1. The van der Waals surface area contributed by atoms with Crippen LogP contribution in [0.4, 0.5) is 0 Å². The molecule has 1 N–H and O–H groups in total. The van der Waals surface area contributed by atoms with Gasteiger partial charge < -0.3 is 9.63 Å². The van der Waals surface area contributed by atoms with Crippen molar-refractivity contribution in [2.45, 2.75) is 19.4 Å². The third-order valence-electron chi connectivity index (χ3n) is 2.16. The van der Waals surface area contributed by atoms with E-state index in [1.165, 1.54) is 4.80 Å². The third kappa shape index (κ3) is 2.09. The van der Waals surface area contributed by atoms with E-state index in [1.807, 2.05) is 29.5 Å². The van der Waals surface area contributed by atoms with Crippen LogP contribution in [0.25, 0.3) is 0 Å². The standard InChI is InChI=1S/C9H11IN4O2/c1-3-5-4-6(13-16-5)8(15)7-9(10)12-14(2)11-7/h4,8,15H,3H2,1-2H3. The quantitative estimate of drug-likeness (QED) is 0.849. The highest BCUT2D eigenvalue weighted by molar-refractivity contribution is 14.1. The molecule has 0 bridgehead atoms. The number of halogens is 1. The molecule has 0 aliphatic carbocycles. The Balaban J connectivity index is 2.31. The summed E-state index contributed by atoms with van der Waals surface area (Å²) in [7, 11) is 1.71. The predicted octanol–water partition coefficient (Wildman–Crippen LogP) is 1.05. The number of hydrogen-bond acceptors (Lipinski definition) is 5. The first-order valence-electron chi connectivity index (χ1n) is 4.82. The van der Waals surface area contributed by atoms with Crippen molar-refractivity contribution in [3.8, 4) is 0 Å². The average molecular weight is 334 g/mol. The van der Waals surface area contributed by atoms with E-state index in [4.69, 9.17) is 4.52 Å². The molecular formula is C9H11IN4O2. The average Bonchev–Trinajstić information content (AvgIpc) is 2.84. The number of nitrogens with zero attached hydrogens (tertiary/aromatic N) is 4. The fourth-order valence-electron chi connectivity index (χ4n) is 1.33. The van der Waals surface area contributed by atoms with Gasteiger partial charge in [0.25, 0.3) is 0 Å². The summed E-state index contributed by atoms with van der Waals surface area (Å²) in [4.78, 5) is 1.42. The maximum absolute atomic E-state index is 10.1. The highest BCUT2D eigenvalue weighted by atomic mass is 127. The lowest BCUT2D eigenvalue weighted by Gasteiger charge is -2.01. The van der Waals surface area contributed by atoms with Gasteiger partial charge in [-0.25, -0.2) is 0 Å². The Morgan fingerprint density at radius 1 is 1.56 bits per heavy atom. The van der Waals surface area contributed by atoms with Gasteiger partial charge in [-0.05, 0) is 22.6 Å². The Bertz CT molecular complexity index is 493. The molecule has 6 nitrogen and oxygen atoms in total. The molecule has 2 rings (SSSR count). The third-order valence-corrected chi connectivity index (χ3v) is 2.93. The van der Waals surface area contributed by atoms with Crippen LogP contribution in [0.15, 0.2) is 10.6 Å². The fourth-order valence-corrected chi connectivity index (χ4v) is 2.04. The Morgan fingerprint density at radius 2 is 2.31 bits per heavy atom. The molecule has 2 aromatic rings. The van der Waals surface area contributed by atoms with Crippen molar-refractivity contribution in [2.24, 2.45) is 7.05 Å². The zero-order valence-corrected chi connectivity index (χ0v) is 11.0. The molecule has 0 amide bonds.